The van der Waals surface area contributed by atoms with Crippen LogP contribution in [0.15, 0.2) is 40.8 Å². The van der Waals surface area contributed by atoms with Crippen LogP contribution < -0.4 is 0 Å². The van der Waals surface area contributed by atoms with Gasteiger partial charge in [0.2, 0.25) is 0 Å². The number of fused-ring (bicyclic) bond motifs is 4. The van der Waals surface area contributed by atoms with Gasteiger partial charge in [-0.15, -0.1) is 0 Å². The third kappa shape index (κ3) is 1.08. The maximum Gasteiger partial charge on any atom is 0.137 e. The topological polar surface area (TPSA) is 41.8 Å². The number of H-pyrrole nitrogens is 1. The summed E-state index contributed by atoms with van der Waals surface area (Å²) in [5.74, 6) is 0. The number of para-hydroxylation sites is 1. The number of benzene rings is 2. The summed E-state index contributed by atoms with van der Waals surface area (Å²) in [5, 5.41) is 10.7. The zero-order valence-electron chi connectivity index (χ0n) is 9.32. The summed E-state index contributed by atoms with van der Waals surface area (Å²) in [6, 6.07) is 12.3. The molecule has 0 amide bonds. The molecule has 0 saturated heterocycles. The lowest BCUT2D eigenvalue weighted by Crippen LogP contribution is -1.70. The SMILES string of the molecule is Cc1n[nH]c2cc3oc4ccccc4c3cc12. The van der Waals surface area contributed by atoms with Crippen LogP contribution in [-0.4, -0.2) is 10.2 Å². The van der Waals surface area contributed by atoms with Gasteiger partial charge in [-0.2, -0.15) is 5.10 Å². The molecular weight excluding hydrogens is 212 g/mol. The highest BCUT2D eigenvalue weighted by Crippen LogP contribution is 2.31. The molecule has 0 aliphatic heterocycles. The van der Waals surface area contributed by atoms with Crippen molar-refractivity contribution in [2.24, 2.45) is 0 Å². The zero-order chi connectivity index (χ0) is 11.4. The maximum absolute atomic E-state index is 5.82. The summed E-state index contributed by atoms with van der Waals surface area (Å²) in [6.45, 7) is 2.01. The van der Waals surface area contributed by atoms with E-state index in [1.54, 1.807) is 0 Å². The van der Waals surface area contributed by atoms with Crippen LogP contribution in [0.5, 0.6) is 0 Å². The van der Waals surface area contributed by atoms with E-state index >= 15 is 0 Å². The van der Waals surface area contributed by atoms with Crippen LogP contribution in [0.25, 0.3) is 32.8 Å². The zero-order valence-corrected chi connectivity index (χ0v) is 9.32. The Hall–Kier alpha value is -2.29. The number of hydrogen-bond donors (Lipinski definition) is 1. The van der Waals surface area contributed by atoms with E-state index in [0.29, 0.717) is 0 Å². The standard InChI is InChI=1S/C14H10N2O/c1-8-10-6-11-9-4-2-3-5-13(9)17-14(11)7-12(10)16-15-8/h2-7H,1H3,(H,15,16). The molecule has 0 atom stereocenters. The number of aromatic nitrogens is 2. The Morgan fingerprint density at radius 1 is 1.00 bits per heavy atom. The number of aromatic amines is 1. The third-order valence-corrected chi connectivity index (χ3v) is 3.25. The van der Waals surface area contributed by atoms with Crippen LogP contribution >= 0.6 is 0 Å². The van der Waals surface area contributed by atoms with E-state index in [1.807, 2.05) is 31.2 Å². The van der Waals surface area contributed by atoms with E-state index in [-0.39, 0.29) is 0 Å². The first kappa shape index (κ1) is 8.82. The van der Waals surface area contributed by atoms with Gasteiger partial charge in [-0.25, -0.2) is 0 Å². The second kappa shape index (κ2) is 2.88. The minimum Gasteiger partial charge on any atom is -0.456 e. The second-order valence-electron chi connectivity index (χ2n) is 4.30. The van der Waals surface area contributed by atoms with Gasteiger partial charge in [0.25, 0.3) is 0 Å². The van der Waals surface area contributed by atoms with E-state index in [2.05, 4.69) is 22.3 Å². The molecule has 0 spiro atoms. The highest BCUT2D eigenvalue weighted by Gasteiger charge is 2.09. The minimum absolute atomic E-state index is 0.905. The van der Waals surface area contributed by atoms with E-state index in [4.69, 9.17) is 4.42 Å². The summed E-state index contributed by atoms with van der Waals surface area (Å²) >= 11 is 0. The van der Waals surface area contributed by atoms with Crippen LogP contribution in [-0.2, 0) is 0 Å². The van der Waals surface area contributed by atoms with Gasteiger partial charge in [-0.05, 0) is 19.1 Å². The Labute approximate surface area is 97.0 Å². The van der Waals surface area contributed by atoms with Crippen LogP contribution in [0.1, 0.15) is 5.69 Å². The van der Waals surface area contributed by atoms with Crippen molar-refractivity contribution in [3.05, 3.63) is 42.1 Å². The number of nitrogens with zero attached hydrogens (tertiary/aromatic N) is 1. The summed E-state index contributed by atoms with van der Waals surface area (Å²) in [7, 11) is 0. The van der Waals surface area contributed by atoms with Gasteiger partial charge in [-0.1, -0.05) is 18.2 Å². The summed E-state index contributed by atoms with van der Waals surface area (Å²) in [4.78, 5) is 0. The second-order valence-corrected chi connectivity index (χ2v) is 4.30. The molecule has 17 heavy (non-hydrogen) atoms. The van der Waals surface area contributed by atoms with Crippen molar-refractivity contribution in [1.29, 1.82) is 0 Å². The van der Waals surface area contributed by atoms with Gasteiger partial charge in [0, 0.05) is 22.2 Å². The molecule has 4 aromatic rings. The van der Waals surface area contributed by atoms with Crippen LogP contribution in [0.3, 0.4) is 0 Å². The summed E-state index contributed by atoms with van der Waals surface area (Å²) < 4.78 is 5.82. The lowest BCUT2D eigenvalue weighted by molar-refractivity contribution is 0.669. The average molecular weight is 222 g/mol. The van der Waals surface area contributed by atoms with E-state index in [9.17, 15) is 0 Å². The highest BCUT2D eigenvalue weighted by atomic mass is 16.3. The molecule has 0 bridgehead atoms. The lowest BCUT2D eigenvalue weighted by atomic mass is 10.1. The van der Waals surface area contributed by atoms with Crippen molar-refractivity contribution in [2.45, 2.75) is 6.92 Å². The molecule has 4 rings (SSSR count). The Balaban J connectivity index is 2.29. The molecule has 2 aromatic carbocycles. The monoisotopic (exact) mass is 222 g/mol. The van der Waals surface area contributed by atoms with Crippen molar-refractivity contribution in [1.82, 2.24) is 10.2 Å². The van der Waals surface area contributed by atoms with Crippen molar-refractivity contribution in [3.8, 4) is 0 Å². The van der Waals surface area contributed by atoms with Crippen molar-refractivity contribution in [2.75, 3.05) is 0 Å². The fraction of sp³-hybridized carbons (Fsp3) is 0.0714. The van der Waals surface area contributed by atoms with Gasteiger partial charge in [-0.3, -0.25) is 5.10 Å². The number of nitrogens with one attached hydrogen (secondary N) is 1. The number of rotatable bonds is 0. The summed E-state index contributed by atoms with van der Waals surface area (Å²) in [6.07, 6.45) is 0. The number of hydrogen-bond acceptors (Lipinski definition) is 2. The molecule has 0 saturated carbocycles. The molecule has 1 N–H and O–H groups in total. The summed E-state index contributed by atoms with van der Waals surface area (Å²) in [5.41, 5.74) is 3.88. The van der Waals surface area contributed by atoms with Crippen LogP contribution in [0, 0.1) is 6.92 Å². The van der Waals surface area contributed by atoms with Gasteiger partial charge < -0.3 is 4.42 Å². The Kier molecular flexibility index (Phi) is 1.50. The Morgan fingerprint density at radius 2 is 1.88 bits per heavy atom. The van der Waals surface area contributed by atoms with Gasteiger partial charge in [0.1, 0.15) is 11.2 Å². The molecule has 0 radical (unpaired) electrons. The van der Waals surface area contributed by atoms with Crippen molar-refractivity contribution >= 4 is 32.8 Å². The Morgan fingerprint density at radius 3 is 2.82 bits per heavy atom. The maximum atomic E-state index is 5.82. The predicted octanol–water partition coefficient (Wildman–Crippen LogP) is 3.77. The molecule has 3 heteroatoms. The fourth-order valence-corrected chi connectivity index (χ4v) is 2.37. The number of aryl methyl sites for hydroxylation is 1. The average Bonchev–Trinajstić information content (AvgIpc) is 2.88. The largest absolute Gasteiger partial charge is 0.456 e. The van der Waals surface area contributed by atoms with E-state index in [1.165, 1.54) is 0 Å². The minimum atomic E-state index is 0.905. The van der Waals surface area contributed by atoms with Gasteiger partial charge >= 0.3 is 0 Å². The first-order chi connectivity index (χ1) is 8.33. The first-order valence-electron chi connectivity index (χ1n) is 5.59. The molecular formula is C14H10N2O. The molecule has 0 aliphatic carbocycles. The van der Waals surface area contributed by atoms with E-state index < -0.39 is 0 Å². The normalized spacial score (nSPS) is 11.8. The molecule has 2 aromatic heterocycles. The Bertz CT molecular complexity index is 854. The highest BCUT2D eigenvalue weighted by molar-refractivity contribution is 6.09. The lowest BCUT2D eigenvalue weighted by Gasteiger charge is -1.91. The van der Waals surface area contributed by atoms with Gasteiger partial charge in [0.15, 0.2) is 0 Å². The molecule has 82 valence electrons. The number of furan rings is 1. The molecule has 0 aliphatic rings. The quantitative estimate of drug-likeness (QED) is 0.492. The van der Waals surface area contributed by atoms with Crippen molar-refractivity contribution in [3.63, 3.8) is 0 Å². The third-order valence-electron chi connectivity index (χ3n) is 3.25. The van der Waals surface area contributed by atoms with E-state index in [0.717, 1.165) is 38.5 Å². The molecule has 0 fully saturated rings. The predicted molar refractivity (Wildman–Crippen MR) is 68.1 cm³/mol. The van der Waals surface area contributed by atoms with Crippen LogP contribution in [0.4, 0.5) is 0 Å². The van der Waals surface area contributed by atoms with Gasteiger partial charge in [0.05, 0.1) is 11.2 Å². The van der Waals surface area contributed by atoms with Crippen LogP contribution in [0.2, 0.25) is 0 Å². The molecule has 0 unspecified atom stereocenters. The van der Waals surface area contributed by atoms with Crippen molar-refractivity contribution < 1.29 is 4.42 Å². The molecule has 3 nitrogen and oxygen atoms in total. The first-order valence-corrected chi connectivity index (χ1v) is 5.59. The smallest absolute Gasteiger partial charge is 0.137 e. The fourth-order valence-electron chi connectivity index (χ4n) is 2.37. The molecule has 2 heterocycles.